The molecule has 0 bridgehead atoms. The second kappa shape index (κ2) is 10.3. The topological polar surface area (TPSA) is 70.4 Å². The molecule has 0 amide bonds. The molecule has 0 fully saturated rings. The fourth-order valence-corrected chi connectivity index (χ4v) is 4.59. The van der Waals surface area contributed by atoms with Crippen LogP contribution < -0.4 is 0 Å². The predicted octanol–water partition coefficient (Wildman–Crippen LogP) is 7.32. The van der Waals surface area contributed by atoms with Crippen LogP contribution in [0.3, 0.4) is 0 Å². The van der Waals surface area contributed by atoms with Crippen LogP contribution in [0.1, 0.15) is 50.1 Å². The predicted molar refractivity (Wildman–Crippen MR) is 137 cm³/mol. The fraction of sp³-hybridized carbons (Fsp3) is 0.111. The van der Waals surface area contributed by atoms with E-state index in [0.717, 1.165) is 27.7 Å². The average Bonchev–Trinajstić information content (AvgIpc) is 2.82. The molecule has 4 aromatic rings. The molecular formula is C27H21BrClNO3. The highest BCUT2D eigenvalue weighted by Gasteiger charge is 2.20. The van der Waals surface area contributed by atoms with Gasteiger partial charge < -0.3 is 10.2 Å². The molecule has 0 aliphatic rings. The lowest BCUT2D eigenvalue weighted by Crippen LogP contribution is -2.07. The van der Waals surface area contributed by atoms with E-state index >= 15 is 0 Å². The summed E-state index contributed by atoms with van der Waals surface area (Å²) in [6.07, 6.45) is 3.44. The van der Waals surface area contributed by atoms with Crippen LogP contribution in [0.4, 0.5) is 0 Å². The van der Waals surface area contributed by atoms with Gasteiger partial charge in [0.25, 0.3) is 0 Å². The number of aromatic nitrogens is 1. The van der Waals surface area contributed by atoms with Gasteiger partial charge in [0.15, 0.2) is 0 Å². The van der Waals surface area contributed by atoms with Gasteiger partial charge in [0.2, 0.25) is 0 Å². The smallest absolute Gasteiger partial charge is 0.336 e. The maximum Gasteiger partial charge on any atom is 0.336 e. The molecule has 6 heteroatoms. The van der Waals surface area contributed by atoms with Crippen molar-refractivity contribution in [3.05, 3.63) is 112 Å². The number of rotatable bonds is 7. The molecule has 0 aliphatic heterocycles. The van der Waals surface area contributed by atoms with Crippen LogP contribution in [-0.4, -0.2) is 21.2 Å². The van der Waals surface area contributed by atoms with E-state index in [-0.39, 0.29) is 10.4 Å². The monoisotopic (exact) mass is 521 g/mol. The number of halogens is 2. The Balaban J connectivity index is 1.50. The highest BCUT2D eigenvalue weighted by atomic mass is 79.9. The van der Waals surface area contributed by atoms with E-state index in [4.69, 9.17) is 11.6 Å². The molecule has 2 atom stereocenters. The molecule has 0 aliphatic carbocycles. The van der Waals surface area contributed by atoms with Gasteiger partial charge in [-0.15, -0.1) is 0 Å². The Morgan fingerprint density at radius 1 is 1.00 bits per heavy atom. The first-order valence-electron chi connectivity index (χ1n) is 10.4. The number of carboxylic acid groups (broad SMARTS) is 1. The number of aromatic carboxylic acids is 1. The van der Waals surface area contributed by atoms with E-state index in [2.05, 4.69) is 20.9 Å². The van der Waals surface area contributed by atoms with Gasteiger partial charge in [-0.1, -0.05) is 82.1 Å². The standard InChI is InChI=1S/C27H21BrClNO3/c28-24(22-6-1-2-7-23(22)27(32)33)16-26(31)19-5-3-4-17(14-19)8-12-21-13-10-18-9-11-20(29)15-25(18)30-21/h1-15,24,26,31H,16H2,(H,32,33)/b12-8+/t24?,26-/m0/s1. The van der Waals surface area contributed by atoms with Crippen molar-refractivity contribution in [1.29, 1.82) is 0 Å². The van der Waals surface area contributed by atoms with E-state index < -0.39 is 12.1 Å². The molecule has 2 N–H and O–H groups in total. The number of carbonyl (C=O) groups is 1. The summed E-state index contributed by atoms with van der Waals surface area (Å²) in [6.45, 7) is 0. The van der Waals surface area contributed by atoms with E-state index in [0.29, 0.717) is 17.0 Å². The normalized spacial score (nSPS) is 13.3. The van der Waals surface area contributed by atoms with Crippen molar-refractivity contribution in [1.82, 2.24) is 4.98 Å². The molecule has 4 rings (SSSR count). The average molecular weight is 523 g/mol. The molecule has 33 heavy (non-hydrogen) atoms. The number of carboxylic acids is 1. The number of aliphatic hydroxyl groups is 1. The molecule has 3 aromatic carbocycles. The van der Waals surface area contributed by atoms with Crippen molar-refractivity contribution in [2.45, 2.75) is 17.4 Å². The lowest BCUT2D eigenvalue weighted by Gasteiger charge is -2.18. The maximum absolute atomic E-state index is 11.5. The second-order valence-corrected chi connectivity index (χ2v) is 9.23. The zero-order valence-corrected chi connectivity index (χ0v) is 19.9. The quantitative estimate of drug-likeness (QED) is 0.250. The van der Waals surface area contributed by atoms with Crippen molar-refractivity contribution in [2.24, 2.45) is 0 Å². The second-order valence-electron chi connectivity index (χ2n) is 7.69. The van der Waals surface area contributed by atoms with Crippen LogP contribution >= 0.6 is 27.5 Å². The highest BCUT2D eigenvalue weighted by molar-refractivity contribution is 9.09. The Hall–Kier alpha value is -2.99. The largest absolute Gasteiger partial charge is 0.478 e. The first-order chi connectivity index (χ1) is 15.9. The molecule has 0 radical (unpaired) electrons. The molecular weight excluding hydrogens is 502 g/mol. The molecule has 166 valence electrons. The van der Waals surface area contributed by atoms with Crippen LogP contribution in [-0.2, 0) is 0 Å². The van der Waals surface area contributed by atoms with Crippen molar-refractivity contribution in [3.63, 3.8) is 0 Å². The lowest BCUT2D eigenvalue weighted by molar-refractivity contribution is 0.0695. The zero-order chi connectivity index (χ0) is 23.4. The summed E-state index contributed by atoms with van der Waals surface area (Å²) in [5.74, 6) is -0.985. The van der Waals surface area contributed by atoms with Gasteiger partial charge in [0.1, 0.15) is 0 Å². The lowest BCUT2D eigenvalue weighted by atomic mass is 9.97. The molecule has 1 heterocycles. The number of hydrogen-bond acceptors (Lipinski definition) is 3. The number of hydrogen-bond donors (Lipinski definition) is 2. The Labute approximate surface area is 205 Å². The van der Waals surface area contributed by atoms with Gasteiger partial charge >= 0.3 is 5.97 Å². The summed E-state index contributed by atoms with van der Waals surface area (Å²) >= 11 is 9.63. The molecule has 1 unspecified atom stereocenters. The van der Waals surface area contributed by atoms with Gasteiger partial charge in [0, 0.05) is 15.2 Å². The third kappa shape index (κ3) is 5.69. The molecule has 4 nitrogen and oxygen atoms in total. The summed E-state index contributed by atoms with van der Waals surface area (Å²) in [4.78, 5) is 15.8. The SMILES string of the molecule is O=C(O)c1ccccc1C(Br)C[C@H](O)c1cccc(/C=C/c2ccc3ccc(Cl)cc3n2)c1. The van der Waals surface area contributed by atoms with E-state index in [9.17, 15) is 15.0 Å². The zero-order valence-electron chi connectivity index (χ0n) is 17.5. The van der Waals surface area contributed by atoms with E-state index in [1.165, 1.54) is 0 Å². The molecule has 0 saturated heterocycles. The number of pyridine rings is 1. The Morgan fingerprint density at radius 3 is 2.61 bits per heavy atom. The van der Waals surface area contributed by atoms with Crippen molar-refractivity contribution in [2.75, 3.05) is 0 Å². The van der Waals surface area contributed by atoms with Crippen LogP contribution in [0.15, 0.2) is 78.9 Å². The van der Waals surface area contributed by atoms with Gasteiger partial charge in [-0.2, -0.15) is 0 Å². The fourth-order valence-electron chi connectivity index (χ4n) is 3.67. The van der Waals surface area contributed by atoms with Gasteiger partial charge in [-0.05, 0) is 59.5 Å². The number of nitrogens with zero attached hydrogens (tertiary/aromatic N) is 1. The van der Waals surface area contributed by atoms with Gasteiger partial charge in [0.05, 0.1) is 22.9 Å². The molecule has 0 spiro atoms. The van der Waals surface area contributed by atoms with Crippen LogP contribution in [0.5, 0.6) is 0 Å². The number of fused-ring (bicyclic) bond motifs is 1. The minimum atomic E-state index is -0.985. The Bertz CT molecular complexity index is 1340. The van der Waals surface area contributed by atoms with Crippen LogP contribution in [0.25, 0.3) is 23.1 Å². The Morgan fingerprint density at radius 2 is 1.79 bits per heavy atom. The summed E-state index contributed by atoms with van der Waals surface area (Å²) in [5.41, 5.74) is 4.19. The summed E-state index contributed by atoms with van der Waals surface area (Å²) in [5, 5.41) is 21.9. The summed E-state index contributed by atoms with van der Waals surface area (Å²) < 4.78 is 0. The number of benzene rings is 3. The third-order valence-corrected chi connectivity index (χ3v) is 6.48. The maximum atomic E-state index is 11.5. The van der Waals surface area contributed by atoms with E-state index in [1.807, 2.05) is 66.7 Å². The summed E-state index contributed by atoms with van der Waals surface area (Å²) in [6, 6.07) is 24.0. The minimum Gasteiger partial charge on any atom is -0.478 e. The number of alkyl halides is 1. The number of aliphatic hydroxyl groups excluding tert-OH is 1. The first-order valence-corrected chi connectivity index (χ1v) is 11.7. The minimum absolute atomic E-state index is 0.229. The van der Waals surface area contributed by atoms with Crippen molar-refractivity contribution >= 4 is 56.6 Å². The molecule has 1 aromatic heterocycles. The molecule has 0 saturated carbocycles. The Kier molecular flexibility index (Phi) is 7.23. The summed E-state index contributed by atoms with van der Waals surface area (Å²) in [7, 11) is 0. The first kappa shape index (κ1) is 23.2. The highest BCUT2D eigenvalue weighted by Crippen LogP contribution is 2.35. The van der Waals surface area contributed by atoms with Crippen LogP contribution in [0, 0.1) is 0 Å². The van der Waals surface area contributed by atoms with Gasteiger partial charge in [-0.3, -0.25) is 0 Å². The van der Waals surface area contributed by atoms with Crippen molar-refractivity contribution < 1.29 is 15.0 Å². The third-order valence-electron chi connectivity index (χ3n) is 5.38. The van der Waals surface area contributed by atoms with E-state index in [1.54, 1.807) is 24.3 Å². The van der Waals surface area contributed by atoms with Crippen molar-refractivity contribution in [3.8, 4) is 0 Å². The van der Waals surface area contributed by atoms with Crippen LogP contribution in [0.2, 0.25) is 5.02 Å². The van der Waals surface area contributed by atoms with Gasteiger partial charge in [-0.25, -0.2) is 9.78 Å².